The lowest BCUT2D eigenvalue weighted by Gasteiger charge is -2.22. The van der Waals surface area contributed by atoms with Crippen molar-refractivity contribution in [1.82, 2.24) is 25.2 Å². The third-order valence-electron chi connectivity index (χ3n) is 2.94. The molecule has 0 saturated heterocycles. The Hall–Kier alpha value is -1.43. The molecule has 1 rings (SSSR count). The molecule has 18 heavy (non-hydrogen) atoms. The number of hydrogen-bond donors (Lipinski definition) is 1. The first-order chi connectivity index (χ1) is 8.63. The molecule has 0 radical (unpaired) electrons. The molecule has 1 N–H and O–H groups in total. The Kier molecular flexibility index (Phi) is 5.77. The molecule has 102 valence electrons. The molecule has 0 saturated carbocycles. The first kappa shape index (κ1) is 14.6. The number of aromatic nitrogens is 3. The number of carbonyl (C=O) groups is 1. The van der Waals surface area contributed by atoms with Crippen LogP contribution in [0.2, 0.25) is 0 Å². The van der Waals surface area contributed by atoms with Crippen molar-refractivity contribution in [2.45, 2.75) is 40.3 Å². The van der Waals surface area contributed by atoms with Gasteiger partial charge in [-0.15, -0.1) is 5.10 Å². The minimum atomic E-state index is -0.298. The molecular formula is C12H23N5O. The molecule has 0 spiro atoms. The van der Waals surface area contributed by atoms with Gasteiger partial charge in [0.25, 0.3) is 0 Å². The van der Waals surface area contributed by atoms with Crippen molar-refractivity contribution in [3.05, 3.63) is 11.9 Å². The zero-order valence-corrected chi connectivity index (χ0v) is 11.7. The third kappa shape index (κ3) is 3.53. The number of nitrogens with one attached hydrogen (secondary N) is 1. The van der Waals surface area contributed by atoms with Gasteiger partial charge in [-0.05, 0) is 27.3 Å². The van der Waals surface area contributed by atoms with Crippen LogP contribution in [0.25, 0.3) is 0 Å². The van der Waals surface area contributed by atoms with Crippen LogP contribution in [0.15, 0.2) is 6.20 Å². The number of nitrogens with zero attached hydrogens (tertiary/aromatic N) is 4. The summed E-state index contributed by atoms with van der Waals surface area (Å²) in [6.07, 6.45) is 1.83. The van der Waals surface area contributed by atoms with Crippen LogP contribution in [-0.4, -0.2) is 45.4 Å². The molecule has 1 heterocycles. The van der Waals surface area contributed by atoms with Gasteiger partial charge in [-0.3, -0.25) is 4.79 Å². The zero-order chi connectivity index (χ0) is 13.5. The third-order valence-corrected chi connectivity index (χ3v) is 2.94. The summed E-state index contributed by atoms with van der Waals surface area (Å²) in [7, 11) is 0. The molecule has 0 fully saturated rings. The molecule has 0 aliphatic carbocycles. The molecule has 0 aliphatic heterocycles. The molecule has 1 amide bonds. The highest BCUT2D eigenvalue weighted by atomic mass is 16.2. The summed E-state index contributed by atoms with van der Waals surface area (Å²) in [5, 5.41) is 11.2. The number of carbonyl (C=O) groups excluding carboxylic acids is 1. The summed E-state index contributed by atoms with van der Waals surface area (Å²) in [5.74, 6) is 0.0832. The Morgan fingerprint density at radius 1 is 1.44 bits per heavy atom. The van der Waals surface area contributed by atoms with E-state index in [0.29, 0.717) is 6.54 Å². The van der Waals surface area contributed by atoms with E-state index in [4.69, 9.17) is 0 Å². The largest absolute Gasteiger partial charge is 0.341 e. The van der Waals surface area contributed by atoms with Crippen molar-refractivity contribution < 1.29 is 4.79 Å². The first-order valence-electron chi connectivity index (χ1n) is 6.54. The van der Waals surface area contributed by atoms with E-state index in [0.717, 1.165) is 25.3 Å². The van der Waals surface area contributed by atoms with Gasteiger partial charge < -0.3 is 10.2 Å². The van der Waals surface area contributed by atoms with Crippen molar-refractivity contribution >= 4 is 5.91 Å². The standard InChI is InChI=1S/C12H23N5O/c1-5-13-8-11-9-17(15-14-11)10(4)12(18)16(6-2)7-3/h9-10,13H,5-8H2,1-4H3. The minimum absolute atomic E-state index is 0.0832. The lowest BCUT2D eigenvalue weighted by molar-refractivity contribution is -0.134. The Morgan fingerprint density at radius 3 is 2.67 bits per heavy atom. The van der Waals surface area contributed by atoms with Crippen LogP contribution in [0.5, 0.6) is 0 Å². The second kappa shape index (κ2) is 7.10. The highest BCUT2D eigenvalue weighted by molar-refractivity contribution is 5.79. The average molecular weight is 253 g/mol. The maximum Gasteiger partial charge on any atom is 0.247 e. The quantitative estimate of drug-likeness (QED) is 0.781. The molecule has 1 aromatic heterocycles. The Morgan fingerprint density at radius 2 is 2.11 bits per heavy atom. The predicted molar refractivity (Wildman–Crippen MR) is 70.0 cm³/mol. The second-order valence-electron chi connectivity index (χ2n) is 4.16. The molecule has 6 heteroatoms. The van der Waals surface area contributed by atoms with Gasteiger partial charge in [0.05, 0.1) is 11.9 Å². The van der Waals surface area contributed by atoms with E-state index in [-0.39, 0.29) is 11.9 Å². The highest BCUT2D eigenvalue weighted by Crippen LogP contribution is 2.09. The summed E-state index contributed by atoms with van der Waals surface area (Å²) in [6.45, 7) is 10.9. The fourth-order valence-corrected chi connectivity index (χ4v) is 1.75. The van der Waals surface area contributed by atoms with Gasteiger partial charge >= 0.3 is 0 Å². The topological polar surface area (TPSA) is 63.1 Å². The van der Waals surface area contributed by atoms with E-state index >= 15 is 0 Å². The lowest BCUT2D eigenvalue weighted by atomic mass is 10.3. The highest BCUT2D eigenvalue weighted by Gasteiger charge is 2.20. The van der Waals surface area contributed by atoms with Gasteiger partial charge in [-0.1, -0.05) is 12.1 Å². The average Bonchev–Trinajstić information content (AvgIpc) is 2.85. The van der Waals surface area contributed by atoms with E-state index in [1.54, 1.807) is 9.58 Å². The molecule has 0 aliphatic rings. The van der Waals surface area contributed by atoms with Crippen LogP contribution in [0.3, 0.4) is 0 Å². The van der Waals surface area contributed by atoms with E-state index in [1.807, 2.05) is 33.9 Å². The molecule has 0 aromatic carbocycles. The lowest BCUT2D eigenvalue weighted by Crippen LogP contribution is -2.36. The number of amides is 1. The fourth-order valence-electron chi connectivity index (χ4n) is 1.75. The van der Waals surface area contributed by atoms with E-state index in [9.17, 15) is 4.79 Å². The number of rotatable bonds is 7. The smallest absolute Gasteiger partial charge is 0.247 e. The Balaban J connectivity index is 2.68. The van der Waals surface area contributed by atoms with Crippen LogP contribution < -0.4 is 5.32 Å². The van der Waals surface area contributed by atoms with Gasteiger partial charge in [0.15, 0.2) is 0 Å². The van der Waals surface area contributed by atoms with Crippen molar-refractivity contribution in [1.29, 1.82) is 0 Å². The maximum atomic E-state index is 12.2. The number of hydrogen-bond acceptors (Lipinski definition) is 4. The summed E-state index contributed by atoms with van der Waals surface area (Å²) in [4.78, 5) is 14.0. The first-order valence-corrected chi connectivity index (χ1v) is 6.54. The van der Waals surface area contributed by atoms with Crippen LogP contribution >= 0.6 is 0 Å². The molecular weight excluding hydrogens is 230 g/mol. The van der Waals surface area contributed by atoms with Crippen LogP contribution in [0.1, 0.15) is 39.4 Å². The van der Waals surface area contributed by atoms with Gasteiger partial charge in [-0.2, -0.15) is 0 Å². The van der Waals surface area contributed by atoms with Crippen molar-refractivity contribution in [2.75, 3.05) is 19.6 Å². The van der Waals surface area contributed by atoms with E-state index in [2.05, 4.69) is 15.6 Å². The zero-order valence-electron chi connectivity index (χ0n) is 11.7. The maximum absolute atomic E-state index is 12.2. The second-order valence-corrected chi connectivity index (χ2v) is 4.16. The van der Waals surface area contributed by atoms with Crippen LogP contribution in [-0.2, 0) is 11.3 Å². The van der Waals surface area contributed by atoms with Crippen LogP contribution in [0.4, 0.5) is 0 Å². The summed E-state index contributed by atoms with van der Waals surface area (Å²) in [5.41, 5.74) is 0.857. The monoisotopic (exact) mass is 253 g/mol. The van der Waals surface area contributed by atoms with Gasteiger partial charge in [-0.25, -0.2) is 4.68 Å². The molecule has 1 aromatic rings. The summed E-state index contributed by atoms with van der Waals surface area (Å²) >= 11 is 0. The van der Waals surface area contributed by atoms with Crippen molar-refractivity contribution in [3.8, 4) is 0 Å². The van der Waals surface area contributed by atoms with E-state index in [1.165, 1.54) is 0 Å². The van der Waals surface area contributed by atoms with Gasteiger partial charge in [0.2, 0.25) is 5.91 Å². The van der Waals surface area contributed by atoms with Crippen molar-refractivity contribution in [2.24, 2.45) is 0 Å². The summed E-state index contributed by atoms with van der Waals surface area (Å²) in [6, 6.07) is -0.298. The predicted octanol–water partition coefficient (Wildman–Crippen LogP) is 0.817. The molecule has 0 bridgehead atoms. The molecule has 1 atom stereocenters. The SMILES string of the molecule is CCNCc1cn(C(C)C(=O)N(CC)CC)nn1. The summed E-state index contributed by atoms with van der Waals surface area (Å²) < 4.78 is 1.63. The fraction of sp³-hybridized carbons (Fsp3) is 0.750. The Labute approximate surface area is 108 Å². The van der Waals surface area contributed by atoms with Gasteiger partial charge in [0.1, 0.15) is 6.04 Å². The van der Waals surface area contributed by atoms with Gasteiger partial charge in [0, 0.05) is 19.6 Å². The molecule has 6 nitrogen and oxygen atoms in total. The van der Waals surface area contributed by atoms with Crippen LogP contribution in [0, 0.1) is 0 Å². The number of likely N-dealkylation sites (N-methyl/N-ethyl adjacent to an activating group) is 1. The van der Waals surface area contributed by atoms with Crippen molar-refractivity contribution in [3.63, 3.8) is 0 Å². The Bertz CT molecular complexity index is 372. The molecule has 1 unspecified atom stereocenters. The minimum Gasteiger partial charge on any atom is -0.341 e. The normalized spacial score (nSPS) is 12.4. The van der Waals surface area contributed by atoms with E-state index < -0.39 is 0 Å².